The fourth-order valence-electron chi connectivity index (χ4n) is 2.56. The number of ether oxygens (including phenoxy) is 4. The summed E-state index contributed by atoms with van der Waals surface area (Å²) in [7, 11) is 5.73. The average molecular weight is 470 g/mol. The van der Waals surface area contributed by atoms with Gasteiger partial charge in [0.15, 0.2) is 17.3 Å². The van der Waals surface area contributed by atoms with Crippen molar-refractivity contribution >= 4 is 46.4 Å². The predicted octanol–water partition coefficient (Wildman–Crippen LogP) is 4.60. The van der Waals surface area contributed by atoms with E-state index in [4.69, 9.17) is 42.3 Å². The Morgan fingerprint density at radius 1 is 0.935 bits per heavy atom. The number of halogens is 2. The number of benzene rings is 2. The van der Waals surface area contributed by atoms with Gasteiger partial charge in [-0.2, -0.15) is 10.2 Å². The second-order valence-corrected chi connectivity index (χ2v) is 6.80. The minimum absolute atomic E-state index is 0.203. The Morgan fingerprint density at radius 2 is 1.52 bits per heavy atom. The minimum atomic E-state index is -1.50. The number of ketones is 1. The first-order valence-electron chi connectivity index (χ1n) is 8.81. The molecule has 2 aromatic carbocycles. The Bertz CT molecular complexity index is 977. The second-order valence-electron chi connectivity index (χ2n) is 6.05. The number of anilines is 1. The quantitative estimate of drug-likeness (QED) is 0.302. The highest BCUT2D eigenvalue weighted by Crippen LogP contribution is 2.42. The van der Waals surface area contributed by atoms with E-state index in [-0.39, 0.29) is 22.9 Å². The lowest BCUT2D eigenvalue weighted by Gasteiger charge is -2.18. The zero-order chi connectivity index (χ0) is 23.1. The van der Waals surface area contributed by atoms with E-state index in [0.717, 1.165) is 4.42 Å². The molecule has 0 saturated heterocycles. The van der Waals surface area contributed by atoms with E-state index in [1.807, 2.05) is 0 Å². The summed E-state index contributed by atoms with van der Waals surface area (Å²) in [6, 6.07) is 6.17. The smallest absolute Gasteiger partial charge is 0.276 e. The predicted molar refractivity (Wildman–Crippen MR) is 116 cm³/mol. The first-order valence-corrected chi connectivity index (χ1v) is 9.53. The number of carbonyl (C=O) groups excluding carboxylic acids is 2. The van der Waals surface area contributed by atoms with E-state index in [2.05, 4.69) is 10.2 Å². The number of carbonyl (C=O) groups is 2. The highest BCUT2D eigenvalue weighted by molar-refractivity contribution is 6.39. The zero-order valence-electron chi connectivity index (χ0n) is 17.5. The van der Waals surface area contributed by atoms with Crippen LogP contribution in [0.15, 0.2) is 40.6 Å². The van der Waals surface area contributed by atoms with Crippen LogP contribution in [0.5, 0.6) is 23.0 Å². The van der Waals surface area contributed by atoms with E-state index in [1.165, 1.54) is 59.6 Å². The maximum absolute atomic E-state index is 12.9. The molecular weight excluding hydrogens is 449 g/mol. The Hall–Kier alpha value is -3.04. The summed E-state index contributed by atoms with van der Waals surface area (Å²) < 4.78 is 21.6. The molecule has 11 heteroatoms. The Kier molecular flexibility index (Phi) is 8.47. The fraction of sp³-hybridized carbons (Fsp3) is 0.300. The molecule has 166 valence electrons. The topological polar surface area (TPSA) is 99.0 Å². The number of hydrogen-bond donors (Lipinski definition) is 0. The van der Waals surface area contributed by atoms with Gasteiger partial charge in [0.1, 0.15) is 17.2 Å². The van der Waals surface area contributed by atoms with Crippen LogP contribution in [0.4, 0.5) is 11.4 Å². The summed E-state index contributed by atoms with van der Waals surface area (Å²) >= 11 is 12.3. The SMILES string of the molecule is COc1cc(OC)cc(N(Cl)C(=O)C(N=Nc2ccc(Cl)c(OC)c2OC)C(C)=O)c1. The van der Waals surface area contributed by atoms with E-state index >= 15 is 0 Å². The number of Topliss-reactive ketones (excluding diaryl/α,β-unsaturated/α-hetero) is 1. The Morgan fingerprint density at radius 3 is 2.00 bits per heavy atom. The molecule has 31 heavy (non-hydrogen) atoms. The molecule has 1 atom stereocenters. The van der Waals surface area contributed by atoms with Gasteiger partial charge in [-0.1, -0.05) is 11.6 Å². The van der Waals surface area contributed by atoms with Gasteiger partial charge in [0.25, 0.3) is 5.91 Å². The standard InChI is InChI=1S/C20H21Cl2N3O6/c1-11(26)17(24-23-16-7-6-15(21)18(30-4)19(16)31-5)20(27)25(22)12-8-13(28-2)10-14(9-12)29-3/h6-10,17H,1-5H3. The van der Waals surface area contributed by atoms with Crippen molar-refractivity contribution in [2.24, 2.45) is 10.2 Å². The van der Waals surface area contributed by atoms with Crippen LogP contribution in [0.25, 0.3) is 0 Å². The van der Waals surface area contributed by atoms with Crippen LogP contribution < -0.4 is 23.4 Å². The largest absolute Gasteiger partial charge is 0.497 e. The highest BCUT2D eigenvalue weighted by Gasteiger charge is 2.29. The van der Waals surface area contributed by atoms with Gasteiger partial charge in [-0.25, -0.2) is 4.42 Å². The van der Waals surface area contributed by atoms with Crippen LogP contribution in [0.1, 0.15) is 6.92 Å². The first kappa shape index (κ1) is 24.2. The molecule has 0 radical (unpaired) electrons. The lowest BCUT2D eigenvalue weighted by atomic mass is 10.2. The zero-order valence-corrected chi connectivity index (χ0v) is 19.0. The molecule has 0 bridgehead atoms. The molecule has 1 amide bonds. The number of amides is 1. The average Bonchev–Trinajstić information content (AvgIpc) is 2.78. The number of methoxy groups -OCH3 is 4. The van der Waals surface area contributed by atoms with Crippen molar-refractivity contribution in [2.45, 2.75) is 13.0 Å². The summed E-state index contributed by atoms with van der Waals surface area (Å²) in [5.41, 5.74) is 0.446. The minimum Gasteiger partial charge on any atom is -0.497 e. The van der Waals surface area contributed by atoms with Crippen molar-refractivity contribution in [1.29, 1.82) is 0 Å². The molecule has 2 rings (SSSR count). The van der Waals surface area contributed by atoms with Gasteiger partial charge in [-0.05, 0) is 19.1 Å². The van der Waals surface area contributed by atoms with Crippen LogP contribution in [0.2, 0.25) is 5.02 Å². The molecule has 0 aromatic heterocycles. The lowest BCUT2D eigenvalue weighted by Crippen LogP contribution is -2.36. The first-order chi connectivity index (χ1) is 14.8. The number of rotatable bonds is 9. The van der Waals surface area contributed by atoms with Crippen molar-refractivity contribution in [3.8, 4) is 23.0 Å². The second kappa shape index (κ2) is 10.8. The van der Waals surface area contributed by atoms with E-state index < -0.39 is 17.7 Å². The molecule has 0 fully saturated rings. The van der Waals surface area contributed by atoms with Gasteiger partial charge in [-0.3, -0.25) is 9.59 Å². The van der Waals surface area contributed by atoms with Crippen LogP contribution in [-0.4, -0.2) is 46.2 Å². The Balaban J connectivity index is 2.39. The van der Waals surface area contributed by atoms with Gasteiger partial charge in [0.05, 0.1) is 39.1 Å². The van der Waals surface area contributed by atoms with Crippen LogP contribution in [0, 0.1) is 0 Å². The van der Waals surface area contributed by atoms with E-state index in [9.17, 15) is 9.59 Å². The number of azo groups is 1. The van der Waals surface area contributed by atoms with Crippen molar-refractivity contribution in [3.63, 3.8) is 0 Å². The summed E-state index contributed by atoms with van der Waals surface area (Å²) in [5.74, 6) is -0.108. The number of hydrogen-bond acceptors (Lipinski definition) is 8. The molecule has 2 aromatic rings. The fourth-order valence-corrected chi connectivity index (χ4v) is 2.98. The summed E-state index contributed by atoms with van der Waals surface area (Å²) in [5, 5.41) is 8.20. The third-order valence-electron chi connectivity index (χ3n) is 4.11. The lowest BCUT2D eigenvalue weighted by molar-refractivity contribution is -0.126. The van der Waals surface area contributed by atoms with Crippen LogP contribution in [-0.2, 0) is 9.59 Å². The van der Waals surface area contributed by atoms with Crippen molar-refractivity contribution in [1.82, 2.24) is 0 Å². The molecule has 0 spiro atoms. The monoisotopic (exact) mass is 469 g/mol. The van der Waals surface area contributed by atoms with Crippen LogP contribution in [0.3, 0.4) is 0 Å². The van der Waals surface area contributed by atoms with Gasteiger partial charge >= 0.3 is 0 Å². The molecule has 0 heterocycles. The maximum atomic E-state index is 12.9. The van der Waals surface area contributed by atoms with E-state index in [0.29, 0.717) is 16.5 Å². The molecule has 0 aliphatic carbocycles. The highest BCUT2D eigenvalue weighted by atomic mass is 35.5. The normalized spacial score (nSPS) is 11.7. The van der Waals surface area contributed by atoms with Gasteiger partial charge in [0, 0.05) is 30.0 Å². The van der Waals surface area contributed by atoms with Crippen molar-refractivity contribution in [3.05, 3.63) is 35.4 Å². The van der Waals surface area contributed by atoms with Gasteiger partial charge in [0.2, 0.25) is 6.04 Å². The van der Waals surface area contributed by atoms with Crippen molar-refractivity contribution < 1.29 is 28.5 Å². The van der Waals surface area contributed by atoms with E-state index in [1.54, 1.807) is 6.07 Å². The molecule has 0 N–H and O–H groups in total. The number of nitrogens with zero attached hydrogens (tertiary/aromatic N) is 3. The van der Waals surface area contributed by atoms with Gasteiger partial charge in [-0.15, -0.1) is 0 Å². The third-order valence-corrected chi connectivity index (χ3v) is 4.77. The molecule has 0 aliphatic heterocycles. The molecular formula is C20H21Cl2N3O6. The summed E-state index contributed by atoms with van der Waals surface area (Å²) in [4.78, 5) is 25.0. The molecule has 0 saturated carbocycles. The molecule has 0 aliphatic rings. The third kappa shape index (κ3) is 5.56. The summed E-state index contributed by atoms with van der Waals surface area (Å²) in [6.07, 6.45) is 0. The van der Waals surface area contributed by atoms with Crippen molar-refractivity contribution in [2.75, 3.05) is 32.9 Å². The molecule has 1 unspecified atom stereocenters. The van der Waals surface area contributed by atoms with Crippen LogP contribution >= 0.6 is 23.4 Å². The molecule has 9 nitrogen and oxygen atoms in total. The maximum Gasteiger partial charge on any atom is 0.276 e. The van der Waals surface area contributed by atoms with Gasteiger partial charge < -0.3 is 18.9 Å². The Labute approximate surface area is 189 Å². The summed E-state index contributed by atoms with van der Waals surface area (Å²) in [6.45, 7) is 1.21.